The van der Waals surface area contributed by atoms with Gasteiger partial charge in [0.05, 0.1) is 6.42 Å². The Hall–Kier alpha value is -0.910. The Balaban J connectivity index is 1.66. The van der Waals surface area contributed by atoms with Crippen LogP contribution in [0.25, 0.3) is 0 Å². The number of piperazine rings is 1. The number of rotatable bonds is 3. The lowest BCUT2D eigenvalue weighted by Crippen LogP contribution is -2.46. The van der Waals surface area contributed by atoms with Crippen LogP contribution in [0.5, 0.6) is 0 Å². The number of anilines is 1. The highest BCUT2D eigenvalue weighted by Gasteiger charge is 2.27. The highest BCUT2D eigenvalue weighted by atomic mass is 79.9. The minimum Gasteiger partial charge on any atom is -0.314 e. The monoisotopic (exact) mass is 323 g/mol. The zero-order valence-corrected chi connectivity index (χ0v) is 12.4. The molecule has 0 spiro atoms. The summed E-state index contributed by atoms with van der Waals surface area (Å²) in [5.41, 5.74) is 2.23. The van der Waals surface area contributed by atoms with Crippen molar-refractivity contribution in [1.29, 1.82) is 0 Å². The lowest BCUT2D eigenvalue weighted by Gasteiger charge is -2.29. The molecule has 4 nitrogen and oxygen atoms in total. The van der Waals surface area contributed by atoms with Gasteiger partial charge in [-0.2, -0.15) is 0 Å². The first-order valence-electron chi connectivity index (χ1n) is 6.76. The molecule has 0 aliphatic carbocycles. The molecular formula is C14H18BrN3O. The van der Waals surface area contributed by atoms with Gasteiger partial charge in [0.1, 0.15) is 0 Å². The summed E-state index contributed by atoms with van der Waals surface area (Å²) in [7, 11) is 0. The van der Waals surface area contributed by atoms with Crippen molar-refractivity contribution in [2.75, 3.05) is 44.2 Å². The van der Waals surface area contributed by atoms with Crippen LogP contribution in [-0.4, -0.2) is 50.1 Å². The zero-order valence-electron chi connectivity index (χ0n) is 10.9. The van der Waals surface area contributed by atoms with Gasteiger partial charge in [-0.1, -0.05) is 15.9 Å². The minimum absolute atomic E-state index is 0.225. The van der Waals surface area contributed by atoms with Gasteiger partial charge in [0.2, 0.25) is 5.91 Å². The molecule has 0 atom stereocenters. The van der Waals surface area contributed by atoms with E-state index >= 15 is 0 Å². The van der Waals surface area contributed by atoms with Crippen LogP contribution in [0.15, 0.2) is 22.7 Å². The van der Waals surface area contributed by atoms with Crippen LogP contribution in [0.3, 0.4) is 0 Å². The second-order valence-corrected chi connectivity index (χ2v) is 6.00. The summed E-state index contributed by atoms with van der Waals surface area (Å²) in [6.07, 6.45) is 0.538. The van der Waals surface area contributed by atoms with Crippen molar-refractivity contribution in [3.63, 3.8) is 0 Å². The van der Waals surface area contributed by atoms with Crippen LogP contribution in [0.1, 0.15) is 5.56 Å². The number of benzene rings is 1. The fourth-order valence-corrected chi connectivity index (χ4v) is 3.18. The van der Waals surface area contributed by atoms with Gasteiger partial charge in [-0.3, -0.25) is 9.69 Å². The maximum absolute atomic E-state index is 12.1. The predicted octanol–water partition coefficient (Wildman–Crippen LogP) is 1.24. The second-order valence-electron chi connectivity index (χ2n) is 5.09. The lowest BCUT2D eigenvalue weighted by molar-refractivity contribution is -0.117. The number of halogens is 1. The Morgan fingerprint density at radius 3 is 2.79 bits per heavy atom. The number of nitrogens with one attached hydrogen (secondary N) is 1. The molecule has 0 unspecified atom stereocenters. The molecule has 1 aromatic carbocycles. The summed E-state index contributed by atoms with van der Waals surface area (Å²) in [4.78, 5) is 16.4. The molecular weight excluding hydrogens is 306 g/mol. The number of carbonyl (C=O) groups is 1. The Morgan fingerprint density at radius 2 is 2.00 bits per heavy atom. The predicted molar refractivity (Wildman–Crippen MR) is 79.5 cm³/mol. The summed E-state index contributed by atoms with van der Waals surface area (Å²) in [6.45, 7) is 6.02. The molecule has 102 valence electrons. The molecule has 2 aliphatic heterocycles. The van der Waals surface area contributed by atoms with E-state index in [1.54, 1.807) is 0 Å². The molecule has 0 aromatic heterocycles. The molecule has 5 heteroatoms. The van der Waals surface area contributed by atoms with E-state index in [0.29, 0.717) is 6.42 Å². The first kappa shape index (κ1) is 13.1. The number of carbonyl (C=O) groups excluding carboxylic acids is 1. The summed E-state index contributed by atoms with van der Waals surface area (Å²) in [5, 5.41) is 3.35. The van der Waals surface area contributed by atoms with E-state index in [2.05, 4.69) is 32.2 Å². The number of amides is 1. The standard InChI is InChI=1S/C14H18BrN3O/c15-12-1-2-13-11(9-12)10-14(19)18(13)8-7-17-5-3-16-4-6-17/h1-2,9,16H,3-8,10H2. The fourth-order valence-electron chi connectivity index (χ4n) is 2.77. The summed E-state index contributed by atoms with van der Waals surface area (Å²) in [5.74, 6) is 0.225. The number of fused-ring (bicyclic) bond motifs is 1. The molecule has 3 rings (SSSR count). The van der Waals surface area contributed by atoms with Gasteiger partial charge in [-0.25, -0.2) is 0 Å². The van der Waals surface area contributed by atoms with Crippen LogP contribution in [0.4, 0.5) is 5.69 Å². The Morgan fingerprint density at radius 1 is 1.21 bits per heavy atom. The van der Waals surface area contributed by atoms with Gasteiger partial charge in [-0.05, 0) is 23.8 Å². The number of nitrogens with zero attached hydrogens (tertiary/aromatic N) is 2. The van der Waals surface area contributed by atoms with E-state index in [4.69, 9.17) is 0 Å². The van der Waals surface area contributed by atoms with Crippen LogP contribution < -0.4 is 10.2 Å². The maximum Gasteiger partial charge on any atom is 0.231 e. The largest absolute Gasteiger partial charge is 0.314 e. The molecule has 0 radical (unpaired) electrons. The van der Waals surface area contributed by atoms with Crippen molar-refractivity contribution in [2.24, 2.45) is 0 Å². The molecule has 1 fully saturated rings. The van der Waals surface area contributed by atoms with E-state index in [1.807, 2.05) is 17.0 Å². The molecule has 2 heterocycles. The van der Waals surface area contributed by atoms with Crippen molar-refractivity contribution in [3.05, 3.63) is 28.2 Å². The molecule has 1 aromatic rings. The maximum atomic E-state index is 12.1. The van der Waals surface area contributed by atoms with Gasteiger partial charge in [0.25, 0.3) is 0 Å². The van der Waals surface area contributed by atoms with Crippen LogP contribution in [-0.2, 0) is 11.2 Å². The highest BCUT2D eigenvalue weighted by molar-refractivity contribution is 9.10. The first-order chi connectivity index (χ1) is 9.24. The average molecular weight is 324 g/mol. The van der Waals surface area contributed by atoms with E-state index in [1.165, 1.54) is 0 Å². The van der Waals surface area contributed by atoms with Gasteiger partial charge in [0.15, 0.2) is 0 Å². The summed E-state index contributed by atoms with van der Waals surface area (Å²) >= 11 is 3.46. The number of hydrogen-bond acceptors (Lipinski definition) is 3. The van der Waals surface area contributed by atoms with Crippen molar-refractivity contribution in [2.45, 2.75) is 6.42 Å². The van der Waals surface area contributed by atoms with Gasteiger partial charge in [-0.15, -0.1) is 0 Å². The van der Waals surface area contributed by atoms with E-state index in [0.717, 1.165) is 55.0 Å². The third-order valence-corrected chi connectivity index (χ3v) is 4.32. The average Bonchev–Trinajstić information content (AvgIpc) is 2.72. The molecule has 0 saturated carbocycles. The van der Waals surface area contributed by atoms with Gasteiger partial charge in [0, 0.05) is 49.4 Å². The third-order valence-electron chi connectivity index (χ3n) is 3.82. The van der Waals surface area contributed by atoms with Crippen LogP contribution >= 0.6 is 15.9 Å². The molecule has 0 bridgehead atoms. The topological polar surface area (TPSA) is 35.6 Å². The lowest BCUT2D eigenvalue weighted by atomic mass is 10.2. The van der Waals surface area contributed by atoms with Gasteiger partial charge < -0.3 is 10.2 Å². The minimum atomic E-state index is 0.225. The third kappa shape index (κ3) is 2.83. The van der Waals surface area contributed by atoms with Crippen molar-refractivity contribution < 1.29 is 4.79 Å². The Labute approximate surface area is 121 Å². The highest BCUT2D eigenvalue weighted by Crippen LogP contribution is 2.31. The smallest absolute Gasteiger partial charge is 0.231 e. The Kier molecular flexibility index (Phi) is 3.86. The summed E-state index contributed by atoms with van der Waals surface area (Å²) < 4.78 is 1.04. The number of hydrogen-bond donors (Lipinski definition) is 1. The first-order valence-corrected chi connectivity index (χ1v) is 7.55. The Bertz CT molecular complexity index is 486. The van der Waals surface area contributed by atoms with Gasteiger partial charge >= 0.3 is 0 Å². The summed E-state index contributed by atoms with van der Waals surface area (Å²) in [6, 6.07) is 6.11. The fraction of sp³-hybridized carbons (Fsp3) is 0.500. The quantitative estimate of drug-likeness (QED) is 0.909. The van der Waals surface area contributed by atoms with Crippen molar-refractivity contribution in [3.8, 4) is 0 Å². The van der Waals surface area contributed by atoms with Crippen molar-refractivity contribution in [1.82, 2.24) is 10.2 Å². The molecule has 1 saturated heterocycles. The van der Waals surface area contributed by atoms with Crippen molar-refractivity contribution >= 4 is 27.5 Å². The van der Waals surface area contributed by atoms with E-state index in [9.17, 15) is 4.79 Å². The SMILES string of the molecule is O=C1Cc2cc(Br)ccc2N1CCN1CCNCC1. The van der Waals surface area contributed by atoms with Crippen LogP contribution in [0, 0.1) is 0 Å². The van der Waals surface area contributed by atoms with E-state index in [-0.39, 0.29) is 5.91 Å². The van der Waals surface area contributed by atoms with Crippen LogP contribution in [0.2, 0.25) is 0 Å². The molecule has 1 amide bonds. The zero-order chi connectivity index (χ0) is 13.2. The second kappa shape index (κ2) is 5.61. The normalized spacial score (nSPS) is 19.8. The molecule has 19 heavy (non-hydrogen) atoms. The molecule has 2 aliphatic rings. The molecule has 1 N–H and O–H groups in total. The van der Waals surface area contributed by atoms with E-state index < -0.39 is 0 Å².